The molecule has 1 saturated heterocycles. The van der Waals surface area contributed by atoms with Crippen LogP contribution < -0.4 is 10.1 Å². The summed E-state index contributed by atoms with van der Waals surface area (Å²) in [6.45, 7) is 2.81. The van der Waals surface area contributed by atoms with Gasteiger partial charge in [-0.1, -0.05) is 0 Å². The van der Waals surface area contributed by atoms with Crippen molar-refractivity contribution in [3.8, 4) is 5.75 Å². The van der Waals surface area contributed by atoms with Gasteiger partial charge in [0.05, 0.1) is 6.54 Å². The van der Waals surface area contributed by atoms with Gasteiger partial charge >= 0.3 is 6.36 Å². The fourth-order valence-corrected chi connectivity index (χ4v) is 3.14. The Bertz CT molecular complexity index is 724. The normalized spacial score (nSPS) is 16.3. The predicted octanol–water partition coefficient (Wildman–Crippen LogP) is 3.13. The van der Waals surface area contributed by atoms with E-state index < -0.39 is 6.36 Å². The minimum absolute atomic E-state index is 0.190. The molecule has 1 aliphatic rings. The fraction of sp³-hybridized carbons (Fsp3) is 0.444. The fourth-order valence-electron chi connectivity index (χ4n) is 3.14. The van der Waals surface area contributed by atoms with Crippen LogP contribution >= 0.6 is 0 Å². The summed E-state index contributed by atoms with van der Waals surface area (Å²) < 4.78 is 42.2. The van der Waals surface area contributed by atoms with Crippen molar-refractivity contribution in [1.29, 1.82) is 0 Å². The van der Waals surface area contributed by atoms with Crippen molar-refractivity contribution in [1.82, 2.24) is 14.7 Å². The average molecular weight is 382 g/mol. The number of carbonyl (C=O) groups is 1. The number of rotatable bonds is 6. The van der Waals surface area contributed by atoms with E-state index in [2.05, 4.69) is 20.1 Å². The highest BCUT2D eigenvalue weighted by molar-refractivity contribution is 5.92. The summed E-state index contributed by atoms with van der Waals surface area (Å²) in [5, 5.41) is 6.91. The van der Waals surface area contributed by atoms with Gasteiger partial charge in [0.1, 0.15) is 5.75 Å². The topological polar surface area (TPSA) is 59.4 Å². The molecule has 6 nitrogen and oxygen atoms in total. The molecule has 2 aromatic rings. The summed E-state index contributed by atoms with van der Waals surface area (Å²) >= 11 is 0. The molecule has 0 radical (unpaired) electrons. The van der Waals surface area contributed by atoms with Gasteiger partial charge in [0.2, 0.25) is 5.91 Å². The molecular weight excluding hydrogens is 361 g/mol. The second-order valence-corrected chi connectivity index (χ2v) is 6.57. The molecule has 3 rings (SSSR count). The Morgan fingerprint density at radius 1 is 1.22 bits per heavy atom. The number of halogens is 3. The number of aromatic nitrogens is 2. The number of ether oxygens (including phenoxy) is 1. The number of likely N-dealkylation sites (tertiary alicyclic amines) is 1. The van der Waals surface area contributed by atoms with Crippen LogP contribution in [-0.2, 0) is 11.3 Å². The molecule has 1 aromatic heterocycles. The Balaban J connectivity index is 1.41. The first kappa shape index (κ1) is 19.2. The molecule has 0 bridgehead atoms. The maximum Gasteiger partial charge on any atom is 0.573 e. The molecule has 0 saturated carbocycles. The monoisotopic (exact) mass is 382 g/mol. The first-order valence-electron chi connectivity index (χ1n) is 8.73. The molecule has 146 valence electrons. The van der Waals surface area contributed by atoms with Crippen molar-refractivity contribution in [3.63, 3.8) is 0 Å². The van der Waals surface area contributed by atoms with Crippen molar-refractivity contribution in [3.05, 3.63) is 42.7 Å². The highest BCUT2D eigenvalue weighted by Gasteiger charge is 2.31. The van der Waals surface area contributed by atoms with E-state index in [9.17, 15) is 18.0 Å². The molecule has 2 heterocycles. The standard InChI is InChI=1S/C18H21F3N4O2/c19-18(20,21)27-16-4-2-15(3-5-16)23-17(26)13-24-10-6-14(7-11-24)12-25-9-1-8-22-25/h1-5,8-9,14H,6-7,10-13H2,(H,23,26). The first-order chi connectivity index (χ1) is 12.9. The lowest BCUT2D eigenvalue weighted by atomic mass is 9.97. The minimum Gasteiger partial charge on any atom is -0.406 e. The molecule has 0 unspecified atom stereocenters. The lowest BCUT2D eigenvalue weighted by Crippen LogP contribution is -2.40. The van der Waals surface area contributed by atoms with Gasteiger partial charge < -0.3 is 10.1 Å². The summed E-state index contributed by atoms with van der Waals surface area (Å²) in [6.07, 6.45) is 0.980. The van der Waals surface area contributed by atoms with Crippen LogP contribution in [0.15, 0.2) is 42.7 Å². The maximum atomic E-state index is 12.2. The van der Waals surface area contributed by atoms with Crippen LogP contribution in [0.5, 0.6) is 5.75 Å². The number of alkyl halides is 3. The van der Waals surface area contributed by atoms with Gasteiger partial charge in [-0.15, -0.1) is 13.2 Å². The van der Waals surface area contributed by atoms with Crippen molar-refractivity contribution in [2.75, 3.05) is 25.0 Å². The quantitative estimate of drug-likeness (QED) is 0.834. The minimum atomic E-state index is -4.73. The van der Waals surface area contributed by atoms with E-state index in [-0.39, 0.29) is 18.2 Å². The molecule has 1 fully saturated rings. The molecule has 1 aromatic carbocycles. The van der Waals surface area contributed by atoms with Gasteiger partial charge in [0.25, 0.3) is 0 Å². The van der Waals surface area contributed by atoms with Gasteiger partial charge in [-0.2, -0.15) is 5.10 Å². The van der Waals surface area contributed by atoms with Crippen LogP contribution in [-0.4, -0.2) is 46.6 Å². The molecule has 0 atom stereocenters. The third-order valence-electron chi connectivity index (χ3n) is 4.45. The summed E-state index contributed by atoms with van der Waals surface area (Å²) in [7, 11) is 0. The van der Waals surface area contributed by atoms with E-state index in [1.807, 2.05) is 16.9 Å². The van der Waals surface area contributed by atoms with Crippen molar-refractivity contribution in [2.24, 2.45) is 5.92 Å². The molecule has 1 N–H and O–H groups in total. The Kier molecular flexibility index (Phi) is 6.00. The third-order valence-corrected chi connectivity index (χ3v) is 4.45. The summed E-state index contributed by atoms with van der Waals surface area (Å²) in [5.74, 6) is 0.0372. The maximum absolute atomic E-state index is 12.2. The highest BCUT2D eigenvalue weighted by Crippen LogP contribution is 2.24. The third kappa shape index (κ3) is 6.28. The zero-order chi connectivity index (χ0) is 19.3. The van der Waals surface area contributed by atoms with Crippen LogP contribution in [0.3, 0.4) is 0 Å². The molecule has 1 amide bonds. The average Bonchev–Trinajstić information content (AvgIpc) is 3.10. The summed E-state index contributed by atoms with van der Waals surface area (Å²) in [5.41, 5.74) is 0.433. The van der Waals surface area contributed by atoms with E-state index >= 15 is 0 Å². The number of carbonyl (C=O) groups excluding carboxylic acids is 1. The van der Waals surface area contributed by atoms with Gasteiger partial charge in [0, 0.05) is 24.6 Å². The largest absolute Gasteiger partial charge is 0.573 e. The van der Waals surface area contributed by atoms with Crippen molar-refractivity contribution >= 4 is 11.6 Å². The molecular formula is C18H21F3N4O2. The van der Waals surface area contributed by atoms with Crippen LogP contribution in [0.2, 0.25) is 0 Å². The van der Waals surface area contributed by atoms with E-state index in [0.717, 1.165) is 32.5 Å². The molecule has 0 spiro atoms. The van der Waals surface area contributed by atoms with E-state index in [1.54, 1.807) is 6.20 Å². The molecule has 27 heavy (non-hydrogen) atoms. The Morgan fingerprint density at radius 2 is 1.93 bits per heavy atom. The number of amides is 1. The van der Waals surface area contributed by atoms with E-state index in [0.29, 0.717) is 11.6 Å². The van der Waals surface area contributed by atoms with E-state index in [1.165, 1.54) is 24.3 Å². The second-order valence-electron chi connectivity index (χ2n) is 6.57. The Labute approximate surface area is 154 Å². The zero-order valence-electron chi connectivity index (χ0n) is 14.7. The molecule has 1 aliphatic heterocycles. The second kappa shape index (κ2) is 8.43. The van der Waals surface area contributed by atoms with Crippen LogP contribution in [0.1, 0.15) is 12.8 Å². The predicted molar refractivity (Wildman–Crippen MR) is 93.1 cm³/mol. The van der Waals surface area contributed by atoms with Gasteiger partial charge in [-0.25, -0.2) is 0 Å². The number of nitrogens with one attached hydrogen (secondary N) is 1. The lowest BCUT2D eigenvalue weighted by Gasteiger charge is -2.31. The number of hydrogen-bond acceptors (Lipinski definition) is 4. The smallest absolute Gasteiger partial charge is 0.406 e. The number of hydrogen-bond donors (Lipinski definition) is 1. The molecule has 0 aliphatic carbocycles. The van der Waals surface area contributed by atoms with Crippen molar-refractivity contribution < 1.29 is 22.7 Å². The SMILES string of the molecule is O=C(CN1CCC(Cn2cccn2)CC1)Nc1ccc(OC(F)(F)F)cc1. The van der Waals surface area contributed by atoms with Crippen LogP contribution in [0.25, 0.3) is 0 Å². The van der Waals surface area contributed by atoms with Gasteiger partial charge in [-0.3, -0.25) is 14.4 Å². The van der Waals surface area contributed by atoms with Crippen LogP contribution in [0.4, 0.5) is 18.9 Å². The van der Waals surface area contributed by atoms with Gasteiger partial charge in [0.15, 0.2) is 0 Å². The number of anilines is 1. The Hall–Kier alpha value is -2.55. The van der Waals surface area contributed by atoms with Crippen molar-refractivity contribution in [2.45, 2.75) is 25.7 Å². The number of benzene rings is 1. The highest BCUT2D eigenvalue weighted by atomic mass is 19.4. The zero-order valence-corrected chi connectivity index (χ0v) is 14.7. The molecule has 9 heteroatoms. The van der Waals surface area contributed by atoms with Crippen LogP contribution in [0, 0.1) is 5.92 Å². The van der Waals surface area contributed by atoms with E-state index in [4.69, 9.17) is 0 Å². The summed E-state index contributed by atoms with van der Waals surface area (Å²) in [4.78, 5) is 14.2. The Morgan fingerprint density at radius 3 is 2.52 bits per heavy atom. The summed E-state index contributed by atoms with van der Waals surface area (Å²) in [6, 6.07) is 7.01. The first-order valence-corrected chi connectivity index (χ1v) is 8.73. The number of piperidine rings is 1. The van der Waals surface area contributed by atoms with Gasteiger partial charge in [-0.05, 0) is 62.2 Å². The number of nitrogens with zero attached hydrogens (tertiary/aromatic N) is 3. The lowest BCUT2D eigenvalue weighted by molar-refractivity contribution is -0.274.